The van der Waals surface area contributed by atoms with Crippen LogP contribution in [0.1, 0.15) is 17.7 Å². The molecule has 1 heterocycles. The normalized spacial score (nSPS) is 31.5. The highest BCUT2D eigenvalue weighted by Gasteiger charge is 2.64. The third kappa shape index (κ3) is 2.41. The van der Waals surface area contributed by atoms with E-state index in [4.69, 9.17) is 5.73 Å². The number of nitrogens with zero attached hydrogens (tertiary/aromatic N) is 2. The Morgan fingerprint density at radius 2 is 2.00 bits per heavy atom. The molecular weight excluding hydrogens is 378 g/mol. The van der Waals surface area contributed by atoms with E-state index in [0.717, 1.165) is 5.56 Å². The SMILES string of the molecule is CN(C)[C@@H]1C(=O)C(C(N)=O)=C(O)[C@@]2(O)C(=O)C3=C(O)c4ncccc4C[C@H]3C[C@@H]12. The molecule has 9 nitrogen and oxygen atoms in total. The number of carbonyl (C=O) groups is 3. The van der Waals surface area contributed by atoms with Crippen LogP contribution >= 0.6 is 0 Å². The average molecular weight is 399 g/mol. The van der Waals surface area contributed by atoms with Crippen LogP contribution in [0, 0.1) is 11.8 Å². The second-order valence-electron chi connectivity index (χ2n) is 7.97. The molecule has 0 radical (unpaired) electrons. The molecule has 1 saturated carbocycles. The van der Waals surface area contributed by atoms with Gasteiger partial charge in [0.15, 0.2) is 11.4 Å². The minimum atomic E-state index is -2.54. The first-order valence-corrected chi connectivity index (χ1v) is 9.19. The van der Waals surface area contributed by atoms with E-state index in [9.17, 15) is 29.7 Å². The van der Waals surface area contributed by atoms with Crippen molar-refractivity contribution < 1.29 is 29.7 Å². The number of carbonyl (C=O) groups excluding carboxylic acids is 3. The second-order valence-corrected chi connectivity index (χ2v) is 7.97. The summed E-state index contributed by atoms with van der Waals surface area (Å²) in [6.45, 7) is 0. The molecule has 0 aliphatic heterocycles. The number of Topliss-reactive ketones (excluding diaryl/α,β-unsaturated/α-hetero) is 2. The maximum atomic E-state index is 13.4. The van der Waals surface area contributed by atoms with Crippen LogP contribution in [-0.4, -0.2) is 68.4 Å². The minimum absolute atomic E-state index is 0.0582. The number of aliphatic hydroxyl groups excluding tert-OH is 2. The van der Waals surface area contributed by atoms with Crippen molar-refractivity contribution in [3.8, 4) is 0 Å². The van der Waals surface area contributed by atoms with E-state index >= 15 is 0 Å². The van der Waals surface area contributed by atoms with Gasteiger partial charge in [0.2, 0.25) is 5.78 Å². The molecule has 1 aromatic heterocycles. The van der Waals surface area contributed by atoms with Gasteiger partial charge in [0.1, 0.15) is 22.8 Å². The number of primary amides is 1. The number of ketones is 2. The summed E-state index contributed by atoms with van der Waals surface area (Å²) in [5.74, 6) is -5.80. The van der Waals surface area contributed by atoms with Gasteiger partial charge in [-0.1, -0.05) is 6.07 Å². The average Bonchev–Trinajstić information content (AvgIpc) is 2.64. The molecule has 152 valence electrons. The van der Waals surface area contributed by atoms with Crippen LogP contribution in [0.15, 0.2) is 35.2 Å². The Balaban J connectivity index is 1.97. The molecule has 3 aliphatic carbocycles. The Labute approximate surface area is 166 Å². The first-order valence-electron chi connectivity index (χ1n) is 9.19. The molecule has 0 saturated heterocycles. The first-order chi connectivity index (χ1) is 13.6. The number of hydrogen-bond donors (Lipinski definition) is 4. The maximum absolute atomic E-state index is 13.4. The summed E-state index contributed by atoms with van der Waals surface area (Å²) in [5, 5.41) is 32.8. The fourth-order valence-electron chi connectivity index (χ4n) is 4.96. The number of aromatic nitrogens is 1. The zero-order valence-electron chi connectivity index (χ0n) is 15.9. The number of fused-ring (bicyclic) bond motifs is 3. The van der Waals surface area contributed by atoms with Crippen LogP contribution in [0.25, 0.3) is 5.76 Å². The third-order valence-corrected chi connectivity index (χ3v) is 6.21. The molecule has 4 rings (SSSR count). The van der Waals surface area contributed by atoms with Gasteiger partial charge in [0, 0.05) is 17.7 Å². The lowest BCUT2D eigenvalue weighted by Crippen LogP contribution is -2.65. The van der Waals surface area contributed by atoms with Crippen molar-refractivity contribution >= 4 is 23.2 Å². The topological polar surface area (TPSA) is 154 Å². The van der Waals surface area contributed by atoms with Gasteiger partial charge in [0.05, 0.1) is 6.04 Å². The Morgan fingerprint density at radius 3 is 2.62 bits per heavy atom. The zero-order chi connectivity index (χ0) is 21.2. The second kappa shape index (κ2) is 6.23. The summed E-state index contributed by atoms with van der Waals surface area (Å²) in [6.07, 6.45) is 2.01. The van der Waals surface area contributed by atoms with E-state index < -0.39 is 52.3 Å². The number of nitrogens with two attached hydrogens (primary N) is 1. The molecule has 0 bridgehead atoms. The predicted octanol–water partition coefficient (Wildman–Crippen LogP) is -0.347. The molecule has 0 aromatic carbocycles. The number of rotatable bonds is 2. The molecule has 9 heteroatoms. The van der Waals surface area contributed by atoms with Gasteiger partial charge in [-0.3, -0.25) is 24.3 Å². The smallest absolute Gasteiger partial charge is 0.255 e. The van der Waals surface area contributed by atoms with Gasteiger partial charge < -0.3 is 21.1 Å². The van der Waals surface area contributed by atoms with Crippen molar-refractivity contribution in [1.29, 1.82) is 0 Å². The molecule has 1 fully saturated rings. The lowest BCUT2D eigenvalue weighted by atomic mass is 9.58. The van der Waals surface area contributed by atoms with Crippen LogP contribution in [0.3, 0.4) is 0 Å². The first kappa shape index (κ1) is 19.3. The quantitative estimate of drug-likeness (QED) is 0.492. The molecule has 5 N–H and O–H groups in total. The summed E-state index contributed by atoms with van der Waals surface area (Å²) in [6, 6.07) is 2.47. The van der Waals surface area contributed by atoms with Crippen molar-refractivity contribution in [2.24, 2.45) is 17.6 Å². The largest absolute Gasteiger partial charge is 0.508 e. The van der Waals surface area contributed by atoms with Gasteiger partial charge in [-0.25, -0.2) is 0 Å². The van der Waals surface area contributed by atoms with Crippen LogP contribution < -0.4 is 5.73 Å². The fraction of sp³-hybridized carbons (Fsp3) is 0.400. The Hall–Kier alpha value is -3.04. The Morgan fingerprint density at radius 1 is 1.31 bits per heavy atom. The highest BCUT2D eigenvalue weighted by Crippen LogP contribution is 2.51. The summed E-state index contributed by atoms with van der Waals surface area (Å²) >= 11 is 0. The summed E-state index contributed by atoms with van der Waals surface area (Å²) in [4.78, 5) is 43.8. The van der Waals surface area contributed by atoms with Crippen molar-refractivity contribution in [3.63, 3.8) is 0 Å². The zero-order valence-corrected chi connectivity index (χ0v) is 15.9. The third-order valence-electron chi connectivity index (χ3n) is 6.21. The highest BCUT2D eigenvalue weighted by molar-refractivity contribution is 6.24. The van der Waals surface area contributed by atoms with E-state index in [-0.39, 0.29) is 23.4 Å². The Bertz CT molecular complexity index is 1030. The molecular formula is C20H21N3O6. The van der Waals surface area contributed by atoms with Crippen LogP contribution in [0.5, 0.6) is 0 Å². The van der Waals surface area contributed by atoms with Crippen LogP contribution in [-0.2, 0) is 20.8 Å². The number of likely N-dealkylation sites (N-methyl/N-ethyl adjacent to an activating group) is 1. The highest BCUT2D eigenvalue weighted by atomic mass is 16.3. The van der Waals surface area contributed by atoms with Crippen molar-refractivity contribution in [2.45, 2.75) is 24.5 Å². The molecule has 4 atom stereocenters. The van der Waals surface area contributed by atoms with E-state index in [2.05, 4.69) is 4.98 Å². The van der Waals surface area contributed by atoms with Gasteiger partial charge in [-0.05, 0) is 44.5 Å². The molecule has 0 spiro atoms. The van der Waals surface area contributed by atoms with Crippen molar-refractivity contribution in [1.82, 2.24) is 9.88 Å². The fourth-order valence-corrected chi connectivity index (χ4v) is 4.96. The summed E-state index contributed by atoms with van der Waals surface area (Å²) < 4.78 is 0. The molecule has 0 unspecified atom stereocenters. The van der Waals surface area contributed by atoms with E-state index in [1.807, 2.05) is 0 Å². The lowest BCUT2D eigenvalue weighted by molar-refractivity contribution is -0.153. The van der Waals surface area contributed by atoms with Gasteiger partial charge in [-0.15, -0.1) is 0 Å². The van der Waals surface area contributed by atoms with Gasteiger partial charge >= 0.3 is 0 Å². The van der Waals surface area contributed by atoms with Crippen molar-refractivity contribution in [2.75, 3.05) is 14.1 Å². The minimum Gasteiger partial charge on any atom is -0.508 e. The number of aliphatic hydroxyl groups is 3. The van der Waals surface area contributed by atoms with Gasteiger partial charge in [-0.2, -0.15) is 0 Å². The molecule has 3 aliphatic rings. The van der Waals surface area contributed by atoms with Crippen LogP contribution in [0.2, 0.25) is 0 Å². The maximum Gasteiger partial charge on any atom is 0.255 e. The van der Waals surface area contributed by atoms with Crippen LogP contribution in [0.4, 0.5) is 0 Å². The molecule has 1 aromatic rings. The molecule has 29 heavy (non-hydrogen) atoms. The monoisotopic (exact) mass is 399 g/mol. The standard InChI is InChI=1S/C20H21N3O6/c1-23(2)14-10-7-9-6-8-4-3-5-22-13(8)15(24)11(9)17(26)20(10,29)18(27)12(16(14)25)19(21)28/h3-5,9-10,14,24,27,29H,6-7H2,1-2H3,(H2,21,28)/t9-,10-,14-,20-/m0/s1. The number of pyridine rings is 1. The summed E-state index contributed by atoms with van der Waals surface area (Å²) in [5.41, 5.74) is 2.87. The molecule has 1 amide bonds. The predicted molar refractivity (Wildman–Crippen MR) is 100 cm³/mol. The lowest BCUT2D eigenvalue weighted by Gasteiger charge is -2.50. The Kier molecular flexibility index (Phi) is 4.14. The summed E-state index contributed by atoms with van der Waals surface area (Å²) in [7, 11) is 3.16. The number of hydrogen-bond acceptors (Lipinski definition) is 8. The van der Waals surface area contributed by atoms with Gasteiger partial charge in [0.25, 0.3) is 5.91 Å². The van der Waals surface area contributed by atoms with Crippen molar-refractivity contribution in [3.05, 3.63) is 46.5 Å². The van der Waals surface area contributed by atoms with E-state index in [0.29, 0.717) is 6.42 Å². The van der Waals surface area contributed by atoms with E-state index in [1.54, 1.807) is 26.2 Å². The number of amides is 1. The van der Waals surface area contributed by atoms with E-state index in [1.165, 1.54) is 11.1 Å².